The molecule has 0 fully saturated rings. The predicted octanol–water partition coefficient (Wildman–Crippen LogP) is 7.14. The summed E-state index contributed by atoms with van der Waals surface area (Å²) in [7, 11) is 3.20. The van der Waals surface area contributed by atoms with Gasteiger partial charge in [-0.3, -0.25) is 9.69 Å². The minimum atomic E-state index is -0.863. The third-order valence-corrected chi connectivity index (χ3v) is 8.06. The van der Waals surface area contributed by atoms with E-state index in [1.165, 1.54) is 16.7 Å². The van der Waals surface area contributed by atoms with E-state index in [0.29, 0.717) is 41.0 Å². The number of carbonyl (C=O) groups is 1. The first-order valence-electron chi connectivity index (χ1n) is 13.7. The molecule has 0 amide bonds. The molecule has 0 aromatic heterocycles. The summed E-state index contributed by atoms with van der Waals surface area (Å²) in [5, 5.41) is 9.71. The fourth-order valence-corrected chi connectivity index (χ4v) is 6.04. The van der Waals surface area contributed by atoms with E-state index in [4.69, 9.17) is 30.9 Å². The van der Waals surface area contributed by atoms with Crippen molar-refractivity contribution in [1.29, 1.82) is 0 Å². The molecular weight excluding hydrogens is 538 g/mol. The van der Waals surface area contributed by atoms with Crippen LogP contribution in [0.5, 0.6) is 17.2 Å². The van der Waals surface area contributed by atoms with E-state index < -0.39 is 5.97 Å². The van der Waals surface area contributed by atoms with Crippen LogP contribution in [0.4, 0.5) is 0 Å². The molecule has 1 aliphatic heterocycles. The van der Waals surface area contributed by atoms with Crippen LogP contribution in [0.1, 0.15) is 46.2 Å². The molecule has 2 atom stereocenters. The van der Waals surface area contributed by atoms with Crippen molar-refractivity contribution in [3.05, 3.63) is 124 Å². The number of nitrogens with zero attached hydrogens (tertiary/aromatic N) is 1. The molecule has 6 nitrogen and oxygen atoms in total. The molecular formula is C34H34ClNO5. The summed E-state index contributed by atoms with van der Waals surface area (Å²) in [4.78, 5) is 13.6. The van der Waals surface area contributed by atoms with Crippen molar-refractivity contribution in [2.75, 3.05) is 27.4 Å². The number of carboxylic acid groups (broad SMARTS) is 1. The summed E-state index contributed by atoms with van der Waals surface area (Å²) in [6.07, 6.45) is 0.709. The Morgan fingerprint density at radius 3 is 2.41 bits per heavy atom. The number of hydrogen-bond acceptors (Lipinski definition) is 5. The summed E-state index contributed by atoms with van der Waals surface area (Å²) in [5.41, 5.74) is 5.54. The van der Waals surface area contributed by atoms with Crippen LogP contribution in [0.3, 0.4) is 0 Å². The molecule has 4 aromatic carbocycles. The Balaban J connectivity index is 1.45. The molecule has 212 valence electrons. The third kappa shape index (κ3) is 6.50. The van der Waals surface area contributed by atoms with Crippen LogP contribution in [0.25, 0.3) is 0 Å². The first-order chi connectivity index (χ1) is 20.0. The summed E-state index contributed by atoms with van der Waals surface area (Å²) in [6, 6.07) is 30.5. The maximum absolute atomic E-state index is 11.2. The highest BCUT2D eigenvalue weighted by molar-refractivity contribution is 6.33. The Kier molecular flexibility index (Phi) is 9.12. The minimum absolute atomic E-state index is 0.0338. The third-order valence-electron chi connectivity index (χ3n) is 7.64. The Morgan fingerprint density at radius 1 is 0.927 bits per heavy atom. The first-order valence-corrected chi connectivity index (χ1v) is 14.1. The summed E-state index contributed by atoms with van der Waals surface area (Å²) in [6.45, 7) is 1.90. The molecule has 0 aliphatic carbocycles. The second kappa shape index (κ2) is 13.1. The Bertz CT molecular complexity index is 1490. The molecule has 2 unspecified atom stereocenters. The van der Waals surface area contributed by atoms with Crippen LogP contribution in [0, 0.1) is 0 Å². The van der Waals surface area contributed by atoms with Crippen molar-refractivity contribution < 1.29 is 24.1 Å². The van der Waals surface area contributed by atoms with Crippen molar-refractivity contribution in [3.63, 3.8) is 0 Å². The van der Waals surface area contributed by atoms with E-state index in [0.717, 1.165) is 18.5 Å². The molecule has 0 saturated carbocycles. The summed E-state index contributed by atoms with van der Waals surface area (Å²) < 4.78 is 17.2. The fraction of sp³-hybridized carbons (Fsp3) is 0.265. The van der Waals surface area contributed by atoms with Crippen molar-refractivity contribution in [2.24, 2.45) is 0 Å². The standard InChI is InChI=1S/C34H34ClNO5/c1-39-31-16-15-25(33(35)34(31)40-2)21-36-22-29(24-10-4-3-5-11-24)27-13-6-7-14-28(27)30(36)17-18-41-26-12-8-9-23(19-26)20-32(37)38/h3-16,19,29-30H,17-18,20-22H2,1-2H3,(H,37,38). The lowest BCUT2D eigenvalue weighted by Gasteiger charge is -2.42. The highest BCUT2D eigenvalue weighted by Gasteiger charge is 2.34. The van der Waals surface area contributed by atoms with Gasteiger partial charge >= 0.3 is 5.97 Å². The monoisotopic (exact) mass is 571 g/mol. The quantitative estimate of drug-likeness (QED) is 0.206. The number of rotatable bonds is 11. The molecule has 1 aliphatic rings. The predicted molar refractivity (Wildman–Crippen MR) is 160 cm³/mol. The fourth-order valence-electron chi connectivity index (χ4n) is 5.75. The molecule has 7 heteroatoms. The van der Waals surface area contributed by atoms with Crippen molar-refractivity contribution >= 4 is 17.6 Å². The lowest BCUT2D eigenvalue weighted by molar-refractivity contribution is -0.136. The number of benzene rings is 4. The van der Waals surface area contributed by atoms with Crippen LogP contribution < -0.4 is 14.2 Å². The van der Waals surface area contributed by atoms with Crippen molar-refractivity contribution in [1.82, 2.24) is 4.90 Å². The second-order valence-corrected chi connectivity index (χ2v) is 10.5. The highest BCUT2D eigenvalue weighted by atomic mass is 35.5. The largest absolute Gasteiger partial charge is 0.494 e. The zero-order valence-electron chi connectivity index (χ0n) is 23.3. The lowest BCUT2D eigenvalue weighted by atomic mass is 9.80. The van der Waals surface area contributed by atoms with Crippen molar-refractivity contribution in [3.8, 4) is 17.2 Å². The highest BCUT2D eigenvalue weighted by Crippen LogP contribution is 2.44. The van der Waals surface area contributed by atoms with E-state index in [1.807, 2.05) is 30.3 Å². The van der Waals surface area contributed by atoms with Crippen molar-refractivity contribution in [2.45, 2.75) is 31.3 Å². The normalized spacial score (nSPS) is 16.6. The van der Waals surface area contributed by atoms with Gasteiger partial charge in [-0.15, -0.1) is 0 Å². The van der Waals surface area contributed by atoms with Crippen LogP contribution >= 0.6 is 11.6 Å². The topological polar surface area (TPSA) is 68.2 Å². The van der Waals surface area contributed by atoms with Gasteiger partial charge in [-0.05, 0) is 46.0 Å². The summed E-state index contributed by atoms with van der Waals surface area (Å²) in [5.74, 6) is 1.14. The number of methoxy groups -OCH3 is 2. The molecule has 5 rings (SSSR count). The van der Waals surface area contributed by atoms with Gasteiger partial charge < -0.3 is 19.3 Å². The van der Waals surface area contributed by atoms with Gasteiger partial charge in [-0.2, -0.15) is 0 Å². The van der Waals surface area contributed by atoms with Gasteiger partial charge in [0.2, 0.25) is 0 Å². The van der Waals surface area contributed by atoms with E-state index in [1.54, 1.807) is 26.4 Å². The first kappa shape index (κ1) is 28.5. The average molecular weight is 572 g/mol. The van der Waals surface area contributed by atoms with Gasteiger partial charge in [0, 0.05) is 31.5 Å². The molecule has 0 radical (unpaired) electrons. The zero-order valence-corrected chi connectivity index (χ0v) is 24.0. The number of hydrogen-bond donors (Lipinski definition) is 1. The molecule has 1 heterocycles. The number of aliphatic carboxylic acids is 1. The van der Waals surface area contributed by atoms with E-state index in [-0.39, 0.29) is 18.4 Å². The maximum atomic E-state index is 11.2. The van der Waals surface area contributed by atoms with Gasteiger partial charge in [0.05, 0.1) is 32.3 Å². The smallest absolute Gasteiger partial charge is 0.307 e. The van der Waals surface area contributed by atoms with E-state index >= 15 is 0 Å². The Hall–Kier alpha value is -4.00. The van der Waals surface area contributed by atoms with Gasteiger partial charge in [-0.25, -0.2) is 0 Å². The molecule has 0 bridgehead atoms. The average Bonchev–Trinajstić information content (AvgIpc) is 2.99. The van der Waals surface area contributed by atoms with Crippen LogP contribution in [-0.4, -0.2) is 43.3 Å². The number of halogens is 1. The zero-order chi connectivity index (χ0) is 28.8. The molecule has 41 heavy (non-hydrogen) atoms. The molecule has 4 aromatic rings. The molecule has 1 N–H and O–H groups in total. The maximum Gasteiger partial charge on any atom is 0.307 e. The van der Waals surface area contributed by atoms with Crippen LogP contribution in [-0.2, 0) is 17.8 Å². The number of carboxylic acids is 1. The molecule has 0 spiro atoms. The summed E-state index contributed by atoms with van der Waals surface area (Å²) >= 11 is 6.85. The Morgan fingerprint density at radius 2 is 1.68 bits per heavy atom. The van der Waals surface area contributed by atoms with Gasteiger partial charge in [0.1, 0.15) is 5.75 Å². The lowest BCUT2D eigenvalue weighted by Crippen LogP contribution is -2.38. The molecule has 0 saturated heterocycles. The number of fused-ring (bicyclic) bond motifs is 1. The SMILES string of the molecule is COc1ccc(CN2CC(c3ccccc3)c3ccccc3C2CCOc2cccc(CC(=O)O)c2)c(Cl)c1OC. The number of ether oxygens (including phenoxy) is 3. The van der Waals surface area contributed by atoms with E-state index in [9.17, 15) is 4.79 Å². The van der Waals surface area contributed by atoms with Crippen LogP contribution in [0.15, 0.2) is 91.0 Å². The van der Waals surface area contributed by atoms with Crippen LogP contribution in [0.2, 0.25) is 5.02 Å². The Labute approximate surface area is 246 Å². The van der Waals surface area contributed by atoms with Gasteiger partial charge in [0.25, 0.3) is 0 Å². The van der Waals surface area contributed by atoms with Gasteiger partial charge in [0.15, 0.2) is 11.5 Å². The van der Waals surface area contributed by atoms with E-state index in [2.05, 4.69) is 53.4 Å². The van der Waals surface area contributed by atoms with Gasteiger partial charge in [-0.1, -0.05) is 84.4 Å². The minimum Gasteiger partial charge on any atom is -0.494 e. The second-order valence-electron chi connectivity index (χ2n) is 10.2.